The van der Waals surface area contributed by atoms with Gasteiger partial charge in [-0.25, -0.2) is 9.97 Å². The zero-order valence-electron chi connectivity index (χ0n) is 18.8. The van der Waals surface area contributed by atoms with Crippen LogP contribution < -0.4 is 10.6 Å². The Bertz CT molecular complexity index is 1190. The average Bonchev–Trinajstić information content (AvgIpc) is 3.36. The maximum atomic E-state index is 13.1. The summed E-state index contributed by atoms with van der Waals surface area (Å²) in [4.78, 5) is 27.8. The van der Waals surface area contributed by atoms with Crippen LogP contribution in [0.5, 0.6) is 0 Å². The van der Waals surface area contributed by atoms with Crippen molar-refractivity contribution < 1.29 is 23.1 Å². The highest BCUT2D eigenvalue weighted by Gasteiger charge is 2.41. The lowest BCUT2D eigenvalue weighted by Gasteiger charge is -2.48. The van der Waals surface area contributed by atoms with Crippen LogP contribution in [-0.4, -0.2) is 62.6 Å². The Morgan fingerprint density at radius 2 is 2.00 bits per heavy atom. The van der Waals surface area contributed by atoms with Crippen LogP contribution in [0, 0.1) is 0 Å². The summed E-state index contributed by atoms with van der Waals surface area (Å²) < 4.78 is 39.2. The molecule has 1 amide bonds. The van der Waals surface area contributed by atoms with Crippen molar-refractivity contribution in [3.63, 3.8) is 0 Å². The average molecular weight is 507 g/mol. The Labute approximate surface area is 203 Å². The van der Waals surface area contributed by atoms with Crippen LogP contribution >= 0.6 is 11.3 Å². The molecule has 0 spiro atoms. The van der Waals surface area contributed by atoms with Crippen LogP contribution in [0.1, 0.15) is 36.1 Å². The topological polar surface area (TPSA) is 103 Å². The quantitative estimate of drug-likeness (QED) is 0.472. The van der Waals surface area contributed by atoms with Crippen LogP contribution in [0.25, 0.3) is 10.9 Å². The summed E-state index contributed by atoms with van der Waals surface area (Å²) in [6, 6.07) is 3.65. The lowest BCUT2D eigenvalue weighted by atomic mass is 9.80. The second-order valence-corrected chi connectivity index (χ2v) is 10.0. The van der Waals surface area contributed by atoms with Gasteiger partial charge in [0.1, 0.15) is 17.7 Å². The molecule has 3 N–H and O–H groups in total. The lowest BCUT2D eigenvalue weighted by molar-refractivity contribution is -0.137. The minimum absolute atomic E-state index is 0.0191. The molecular formula is C23H25F3N6O2S. The zero-order valence-corrected chi connectivity index (χ0v) is 19.6. The van der Waals surface area contributed by atoms with Crippen molar-refractivity contribution in [2.24, 2.45) is 0 Å². The molecule has 3 heterocycles. The number of aromatic nitrogens is 3. The van der Waals surface area contributed by atoms with Gasteiger partial charge in [0, 0.05) is 30.7 Å². The van der Waals surface area contributed by atoms with E-state index in [1.165, 1.54) is 23.7 Å². The normalized spacial score (nSPS) is 23.7. The maximum absolute atomic E-state index is 13.1. The second-order valence-electron chi connectivity index (χ2n) is 9.15. The SMILES string of the molecule is O=C(CNc1ncnc2ccc(C(F)(F)F)cc12)NC1CN([C@H]2CC[C@@](O)(c3cncs3)CC2)C1. The fourth-order valence-electron chi connectivity index (χ4n) is 4.86. The third-order valence-electron chi connectivity index (χ3n) is 6.84. The fraction of sp³-hybridized carbons (Fsp3) is 0.478. The molecule has 1 saturated carbocycles. The van der Waals surface area contributed by atoms with Gasteiger partial charge in [0.2, 0.25) is 5.91 Å². The van der Waals surface area contributed by atoms with E-state index in [0.29, 0.717) is 24.4 Å². The van der Waals surface area contributed by atoms with Crippen molar-refractivity contribution in [1.29, 1.82) is 0 Å². The summed E-state index contributed by atoms with van der Waals surface area (Å²) in [5.74, 6) is -0.0706. The van der Waals surface area contributed by atoms with Crippen molar-refractivity contribution >= 4 is 34.0 Å². The molecule has 1 aliphatic heterocycles. The number of benzene rings is 1. The predicted octanol–water partition coefficient (Wildman–Crippen LogP) is 3.15. The summed E-state index contributed by atoms with van der Waals surface area (Å²) in [7, 11) is 0. The third-order valence-corrected chi connectivity index (χ3v) is 7.81. The minimum atomic E-state index is -4.48. The number of carbonyl (C=O) groups excluding carboxylic acids is 1. The first kappa shape index (κ1) is 23.9. The molecule has 1 aromatic carbocycles. The number of halogens is 3. The highest BCUT2D eigenvalue weighted by atomic mass is 32.1. The molecular weight excluding hydrogens is 481 g/mol. The molecule has 2 aromatic heterocycles. The Hall–Kier alpha value is -2.83. The maximum Gasteiger partial charge on any atom is 0.416 e. The number of fused-ring (bicyclic) bond motifs is 1. The standard InChI is InChI=1S/C23H25F3N6O2S/c24-23(25,26)14-1-2-18-17(7-14)21(30-12-29-18)28-9-20(33)31-15-10-32(11-15)16-3-5-22(34,6-4-16)19-8-27-13-35-19/h1-2,7-8,12-13,15-16,34H,3-6,9-11H2,(H,31,33)(H,28,29,30)/t16-,22-. The molecule has 2 aliphatic rings. The monoisotopic (exact) mass is 506 g/mol. The number of likely N-dealkylation sites (tertiary alicyclic amines) is 1. The van der Waals surface area contributed by atoms with E-state index in [1.54, 1.807) is 11.7 Å². The van der Waals surface area contributed by atoms with Gasteiger partial charge >= 0.3 is 6.18 Å². The first-order valence-electron chi connectivity index (χ1n) is 11.4. The van der Waals surface area contributed by atoms with E-state index >= 15 is 0 Å². The molecule has 5 rings (SSSR count). The van der Waals surface area contributed by atoms with Gasteiger partial charge in [-0.05, 0) is 43.9 Å². The van der Waals surface area contributed by atoms with E-state index in [9.17, 15) is 23.1 Å². The lowest BCUT2D eigenvalue weighted by Crippen LogP contribution is -2.63. The van der Waals surface area contributed by atoms with Crippen LogP contribution in [0.15, 0.2) is 36.2 Å². The largest absolute Gasteiger partial charge is 0.416 e. The summed E-state index contributed by atoms with van der Waals surface area (Å²) >= 11 is 1.48. The number of alkyl halides is 3. The van der Waals surface area contributed by atoms with Crippen LogP contribution in [-0.2, 0) is 16.6 Å². The number of nitrogens with one attached hydrogen (secondary N) is 2. The first-order chi connectivity index (χ1) is 16.7. The summed E-state index contributed by atoms with van der Waals surface area (Å²) in [5.41, 5.74) is 0.521. The number of rotatable bonds is 6. The molecule has 35 heavy (non-hydrogen) atoms. The van der Waals surface area contributed by atoms with Gasteiger partial charge in [0.05, 0.1) is 34.1 Å². The van der Waals surface area contributed by atoms with Gasteiger partial charge in [0.25, 0.3) is 0 Å². The Morgan fingerprint density at radius 1 is 1.23 bits per heavy atom. The van der Waals surface area contributed by atoms with Crippen LogP contribution in [0.2, 0.25) is 0 Å². The highest BCUT2D eigenvalue weighted by Crippen LogP contribution is 2.40. The number of carbonyl (C=O) groups is 1. The smallest absolute Gasteiger partial charge is 0.384 e. The van der Waals surface area contributed by atoms with Gasteiger partial charge in [-0.15, -0.1) is 11.3 Å². The van der Waals surface area contributed by atoms with Gasteiger partial charge < -0.3 is 15.7 Å². The molecule has 0 unspecified atom stereocenters. The van der Waals surface area contributed by atoms with Gasteiger partial charge in [-0.1, -0.05) is 0 Å². The van der Waals surface area contributed by atoms with E-state index in [-0.39, 0.29) is 29.7 Å². The molecule has 1 aliphatic carbocycles. The van der Waals surface area contributed by atoms with Gasteiger partial charge in [-0.2, -0.15) is 13.2 Å². The van der Waals surface area contributed by atoms with Crippen molar-refractivity contribution in [3.05, 3.63) is 46.7 Å². The van der Waals surface area contributed by atoms with E-state index in [0.717, 1.165) is 42.9 Å². The Morgan fingerprint density at radius 3 is 2.69 bits per heavy atom. The summed E-state index contributed by atoms with van der Waals surface area (Å²) in [6.45, 7) is 1.37. The van der Waals surface area contributed by atoms with E-state index in [4.69, 9.17) is 0 Å². The molecule has 186 valence electrons. The second kappa shape index (κ2) is 9.32. The van der Waals surface area contributed by atoms with Crippen LogP contribution in [0.4, 0.5) is 19.0 Å². The minimum Gasteiger partial charge on any atom is -0.384 e. The van der Waals surface area contributed by atoms with E-state index in [2.05, 4.69) is 30.5 Å². The van der Waals surface area contributed by atoms with Gasteiger partial charge in [-0.3, -0.25) is 14.7 Å². The van der Waals surface area contributed by atoms with Crippen molar-refractivity contribution in [2.75, 3.05) is 25.0 Å². The van der Waals surface area contributed by atoms with Crippen molar-refractivity contribution in [1.82, 2.24) is 25.2 Å². The zero-order chi connectivity index (χ0) is 24.6. The number of amides is 1. The number of hydrogen-bond acceptors (Lipinski definition) is 8. The summed E-state index contributed by atoms with van der Waals surface area (Å²) in [6.07, 6.45) is 1.68. The summed E-state index contributed by atoms with van der Waals surface area (Å²) in [5, 5.41) is 16.9. The number of thiazole rings is 1. The molecule has 12 heteroatoms. The fourth-order valence-corrected chi connectivity index (χ4v) is 5.64. The van der Waals surface area contributed by atoms with E-state index in [1.807, 2.05) is 0 Å². The molecule has 0 bridgehead atoms. The van der Waals surface area contributed by atoms with Crippen molar-refractivity contribution in [2.45, 2.75) is 49.5 Å². The molecule has 0 atom stereocenters. The van der Waals surface area contributed by atoms with Crippen molar-refractivity contribution in [3.8, 4) is 0 Å². The Kier molecular flexibility index (Phi) is 6.36. The van der Waals surface area contributed by atoms with Gasteiger partial charge in [0.15, 0.2) is 0 Å². The number of hydrogen-bond donors (Lipinski definition) is 3. The molecule has 3 aromatic rings. The molecule has 2 fully saturated rings. The van der Waals surface area contributed by atoms with Crippen LogP contribution in [0.3, 0.4) is 0 Å². The number of aliphatic hydroxyl groups is 1. The Balaban J connectivity index is 1.10. The molecule has 0 radical (unpaired) electrons. The van der Waals surface area contributed by atoms with E-state index < -0.39 is 17.3 Å². The number of nitrogens with zero attached hydrogens (tertiary/aromatic N) is 4. The molecule has 1 saturated heterocycles. The highest BCUT2D eigenvalue weighted by molar-refractivity contribution is 7.09. The predicted molar refractivity (Wildman–Crippen MR) is 125 cm³/mol. The third kappa shape index (κ3) is 5.09. The first-order valence-corrected chi connectivity index (χ1v) is 12.3. The number of anilines is 1. The molecule has 8 nitrogen and oxygen atoms in total.